The number of aryl methyl sites for hydroxylation is 1. The maximum Gasteiger partial charge on any atom is 0.404 e. The number of esters is 1. The molecule has 2 N–H and O–H groups in total. The minimum atomic E-state index is -1.01. The van der Waals surface area contributed by atoms with E-state index in [-0.39, 0.29) is 6.29 Å². The molecule has 0 bridgehead atoms. The third-order valence-corrected chi connectivity index (χ3v) is 7.07. The molecular formula is C32H35NO7. The molecule has 3 atom stereocenters. The van der Waals surface area contributed by atoms with Crippen LogP contribution in [0.5, 0.6) is 5.75 Å². The minimum Gasteiger partial charge on any atom is -0.452 e. The Morgan fingerprint density at radius 2 is 1.75 bits per heavy atom. The number of cyclic esters (lactones) is 1. The monoisotopic (exact) mass is 545 g/mol. The summed E-state index contributed by atoms with van der Waals surface area (Å²) in [5.41, 5.74) is 9.78. The van der Waals surface area contributed by atoms with Crippen LogP contribution >= 0.6 is 0 Å². The number of ether oxygens (including phenoxy) is 5. The van der Waals surface area contributed by atoms with Gasteiger partial charge in [0.15, 0.2) is 6.29 Å². The molecule has 40 heavy (non-hydrogen) atoms. The second kappa shape index (κ2) is 12.1. The van der Waals surface area contributed by atoms with Crippen LogP contribution in [-0.4, -0.2) is 36.9 Å². The van der Waals surface area contributed by atoms with Crippen LogP contribution in [0, 0.1) is 0 Å². The molecule has 3 aromatic rings. The van der Waals surface area contributed by atoms with Gasteiger partial charge in [0.25, 0.3) is 0 Å². The highest BCUT2D eigenvalue weighted by atomic mass is 16.7. The summed E-state index contributed by atoms with van der Waals surface area (Å²) in [6, 6.07) is 23.3. The van der Waals surface area contributed by atoms with Crippen molar-refractivity contribution in [1.82, 2.24) is 0 Å². The van der Waals surface area contributed by atoms with E-state index in [2.05, 4.69) is 0 Å². The first-order chi connectivity index (χ1) is 19.3. The summed E-state index contributed by atoms with van der Waals surface area (Å²) < 4.78 is 29.0. The number of fused-ring (bicyclic) bond motifs is 1. The van der Waals surface area contributed by atoms with Crippen molar-refractivity contribution >= 4 is 12.1 Å². The lowest BCUT2D eigenvalue weighted by atomic mass is 9.96. The third-order valence-electron chi connectivity index (χ3n) is 7.07. The van der Waals surface area contributed by atoms with Gasteiger partial charge in [-0.25, -0.2) is 9.59 Å². The highest BCUT2D eigenvalue weighted by Crippen LogP contribution is 2.35. The Morgan fingerprint density at radius 3 is 2.45 bits per heavy atom. The highest BCUT2D eigenvalue weighted by molar-refractivity contribution is 5.94. The number of amides is 1. The predicted octanol–water partition coefficient (Wildman–Crippen LogP) is 6.32. The molecule has 0 radical (unpaired) electrons. The van der Waals surface area contributed by atoms with Crippen molar-refractivity contribution in [2.75, 3.05) is 6.61 Å². The molecule has 1 fully saturated rings. The minimum absolute atomic E-state index is 0.356. The molecule has 0 saturated carbocycles. The van der Waals surface area contributed by atoms with Crippen molar-refractivity contribution in [3.05, 3.63) is 89.5 Å². The summed E-state index contributed by atoms with van der Waals surface area (Å²) in [6.45, 7) is 4.07. The summed E-state index contributed by atoms with van der Waals surface area (Å²) in [4.78, 5) is 24.2. The van der Waals surface area contributed by atoms with Gasteiger partial charge in [-0.15, -0.1) is 0 Å². The molecule has 3 aromatic carbocycles. The molecule has 1 amide bonds. The van der Waals surface area contributed by atoms with E-state index in [1.165, 1.54) is 0 Å². The molecule has 2 aliphatic heterocycles. The first-order valence-electron chi connectivity index (χ1n) is 13.7. The van der Waals surface area contributed by atoms with Crippen LogP contribution in [0.25, 0.3) is 11.1 Å². The van der Waals surface area contributed by atoms with E-state index < -0.39 is 30.1 Å². The Bertz CT molecular complexity index is 1320. The van der Waals surface area contributed by atoms with E-state index in [1.807, 2.05) is 66.7 Å². The van der Waals surface area contributed by atoms with Crippen molar-refractivity contribution in [3.8, 4) is 16.9 Å². The number of hydrogen-bond acceptors (Lipinski definition) is 7. The number of hydrogen-bond donors (Lipinski definition) is 1. The summed E-state index contributed by atoms with van der Waals surface area (Å²) in [7, 11) is 0. The Hall–Kier alpha value is -3.88. The second-order valence-corrected chi connectivity index (χ2v) is 10.6. The number of carbonyl (C=O) groups is 2. The molecule has 0 aromatic heterocycles. The molecule has 0 spiro atoms. The Labute approximate surface area is 234 Å². The lowest BCUT2D eigenvalue weighted by Gasteiger charge is -2.32. The van der Waals surface area contributed by atoms with Crippen molar-refractivity contribution in [3.63, 3.8) is 0 Å². The number of nitrogens with two attached hydrogens (primary N) is 1. The van der Waals surface area contributed by atoms with Crippen LogP contribution < -0.4 is 10.5 Å². The van der Waals surface area contributed by atoms with Gasteiger partial charge in [0, 0.05) is 20.5 Å². The summed E-state index contributed by atoms with van der Waals surface area (Å²) in [6.07, 6.45) is 1.69. The van der Waals surface area contributed by atoms with Crippen LogP contribution in [0.3, 0.4) is 0 Å². The normalized spacial score (nSPS) is 19.4. The number of rotatable bonds is 9. The lowest BCUT2D eigenvalue weighted by Crippen LogP contribution is -2.38. The summed E-state index contributed by atoms with van der Waals surface area (Å²) in [5, 5.41) is 0. The van der Waals surface area contributed by atoms with Gasteiger partial charge in [0.2, 0.25) is 5.79 Å². The molecule has 0 aliphatic carbocycles. The zero-order valence-corrected chi connectivity index (χ0v) is 22.8. The van der Waals surface area contributed by atoms with Crippen LogP contribution in [0.1, 0.15) is 67.1 Å². The van der Waals surface area contributed by atoms with Crippen LogP contribution in [-0.2, 0) is 25.4 Å². The van der Waals surface area contributed by atoms with Crippen LogP contribution in [0.15, 0.2) is 72.8 Å². The molecule has 5 rings (SSSR count). The van der Waals surface area contributed by atoms with Gasteiger partial charge >= 0.3 is 12.1 Å². The number of benzene rings is 3. The Balaban J connectivity index is 1.31. The SMILES string of the molecule is CC1(C)OC(=O)c2ccc(-c3ccc(CCC(OC(N)=O)[C@H](OC4CCCCO4)c4ccccc4)cc3)cc2O1. The van der Waals surface area contributed by atoms with Crippen molar-refractivity contribution in [1.29, 1.82) is 0 Å². The van der Waals surface area contributed by atoms with Crippen molar-refractivity contribution < 1.29 is 33.3 Å². The van der Waals surface area contributed by atoms with Gasteiger partial charge in [-0.3, -0.25) is 0 Å². The molecule has 8 nitrogen and oxygen atoms in total. The first-order valence-corrected chi connectivity index (χ1v) is 13.7. The fourth-order valence-corrected chi connectivity index (χ4v) is 5.12. The van der Waals surface area contributed by atoms with Gasteiger partial charge in [-0.05, 0) is 66.5 Å². The molecule has 8 heteroatoms. The smallest absolute Gasteiger partial charge is 0.404 e. The molecule has 2 aliphatic rings. The second-order valence-electron chi connectivity index (χ2n) is 10.6. The molecule has 210 valence electrons. The zero-order chi connectivity index (χ0) is 28.1. The van der Waals surface area contributed by atoms with Crippen LogP contribution in [0.4, 0.5) is 4.79 Å². The van der Waals surface area contributed by atoms with Gasteiger partial charge in [-0.2, -0.15) is 0 Å². The Morgan fingerprint density at radius 1 is 1.00 bits per heavy atom. The molecular weight excluding hydrogens is 510 g/mol. The van der Waals surface area contributed by atoms with Crippen molar-refractivity contribution in [2.24, 2.45) is 5.73 Å². The average molecular weight is 546 g/mol. The molecule has 2 heterocycles. The zero-order valence-electron chi connectivity index (χ0n) is 22.8. The topological polar surface area (TPSA) is 106 Å². The fraction of sp³-hybridized carbons (Fsp3) is 0.375. The average Bonchev–Trinajstić information content (AvgIpc) is 2.94. The summed E-state index contributed by atoms with van der Waals surface area (Å²) >= 11 is 0. The maximum absolute atomic E-state index is 12.3. The summed E-state index contributed by atoms with van der Waals surface area (Å²) in [5.74, 6) is -0.905. The Kier molecular flexibility index (Phi) is 8.38. The van der Waals surface area contributed by atoms with E-state index >= 15 is 0 Å². The van der Waals surface area contributed by atoms with E-state index in [0.29, 0.717) is 30.8 Å². The molecule has 1 saturated heterocycles. The number of carbonyl (C=O) groups excluding carboxylic acids is 2. The standard InChI is InChI=1S/C32H35NO7/c1-32(2)39-27-20-24(16-17-25(27)30(34)40-32)22-14-11-21(12-15-22)13-18-26(37-31(33)35)29(23-8-4-3-5-9-23)38-28-10-6-7-19-36-28/h3-5,8-9,11-12,14-17,20,26,28-29H,6-7,10,13,18-19H2,1-2H3,(H2,33,35)/t26?,28?,29-/m1/s1. The van der Waals surface area contributed by atoms with Crippen molar-refractivity contribution in [2.45, 2.75) is 70.2 Å². The van der Waals surface area contributed by atoms with Gasteiger partial charge in [0.05, 0.1) is 0 Å². The van der Waals surface area contributed by atoms with Gasteiger partial charge in [-0.1, -0.05) is 60.7 Å². The van der Waals surface area contributed by atoms with E-state index in [4.69, 9.17) is 29.4 Å². The van der Waals surface area contributed by atoms with Gasteiger partial charge < -0.3 is 29.4 Å². The lowest BCUT2D eigenvalue weighted by molar-refractivity contribution is -0.209. The largest absolute Gasteiger partial charge is 0.452 e. The van der Waals surface area contributed by atoms with E-state index in [9.17, 15) is 9.59 Å². The first kappa shape index (κ1) is 27.7. The predicted molar refractivity (Wildman–Crippen MR) is 149 cm³/mol. The van der Waals surface area contributed by atoms with Crippen LogP contribution in [0.2, 0.25) is 0 Å². The quantitative estimate of drug-likeness (QED) is 0.314. The number of primary amides is 1. The van der Waals surface area contributed by atoms with E-state index in [1.54, 1.807) is 19.9 Å². The maximum atomic E-state index is 12.3. The molecule has 2 unspecified atom stereocenters. The van der Waals surface area contributed by atoms with Gasteiger partial charge in [0.1, 0.15) is 23.5 Å². The highest BCUT2D eigenvalue weighted by Gasteiger charge is 2.34. The fourth-order valence-electron chi connectivity index (χ4n) is 5.12. The van der Waals surface area contributed by atoms with E-state index in [0.717, 1.165) is 41.5 Å². The third kappa shape index (κ3) is 6.81.